The predicted molar refractivity (Wildman–Crippen MR) is 82.6 cm³/mol. The lowest BCUT2D eigenvalue weighted by molar-refractivity contribution is -0.146. The molecule has 20 heavy (non-hydrogen) atoms. The van der Waals surface area contributed by atoms with E-state index in [1.54, 1.807) is 16.7 Å². The van der Waals surface area contributed by atoms with Crippen molar-refractivity contribution in [1.29, 1.82) is 0 Å². The summed E-state index contributed by atoms with van der Waals surface area (Å²) in [5.74, 6) is 2.20. The van der Waals surface area contributed by atoms with Crippen molar-refractivity contribution in [1.82, 2.24) is 10.2 Å². The highest BCUT2D eigenvalue weighted by Crippen LogP contribution is 2.28. The van der Waals surface area contributed by atoms with Gasteiger partial charge in [0.15, 0.2) is 0 Å². The van der Waals surface area contributed by atoms with Crippen LogP contribution in [0.3, 0.4) is 0 Å². The fourth-order valence-corrected chi connectivity index (χ4v) is 3.73. The topological polar surface area (TPSA) is 49.4 Å². The van der Waals surface area contributed by atoms with E-state index in [4.69, 9.17) is 0 Å². The number of hydrogen-bond donors (Lipinski definition) is 1. The Morgan fingerprint density at radius 2 is 2.05 bits per heavy atom. The summed E-state index contributed by atoms with van der Waals surface area (Å²) >= 11 is 1.74. The maximum absolute atomic E-state index is 12.5. The van der Waals surface area contributed by atoms with Gasteiger partial charge in [-0.05, 0) is 18.8 Å². The van der Waals surface area contributed by atoms with Gasteiger partial charge in [0.1, 0.15) is 6.04 Å². The minimum atomic E-state index is -0.277. The lowest BCUT2D eigenvalue weighted by atomic mass is 9.82. The molecular weight excluding hydrogens is 272 g/mol. The van der Waals surface area contributed by atoms with Crippen molar-refractivity contribution in [2.75, 3.05) is 24.6 Å². The molecule has 1 atom stereocenters. The van der Waals surface area contributed by atoms with E-state index >= 15 is 0 Å². The predicted octanol–water partition coefficient (Wildman–Crippen LogP) is 1.81. The third-order valence-corrected chi connectivity index (χ3v) is 5.03. The number of rotatable bonds is 6. The molecule has 1 unspecified atom stereocenters. The summed E-state index contributed by atoms with van der Waals surface area (Å²) in [5, 5.41) is 2.91. The Hall–Kier alpha value is -0.970. The quantitative estimate of drug-likeness (QED) is 0.601. The molecule has 0 bridgehead atoms. The molecule has 0 radical (unpaired) electrons. The first-order chi connectivity index (χ1) is 9.72. The molecule has 2 aliphatic rings. The second-order valence-electron chi connectivity index (χ2n) is 5.57. The highest BCUT2D eigenvalue weighted by Gasteiger charge is 2.37. The lowest BCUT2D eigenvalue weighted by Crippen LogP contribution is -2.61. The molecule has 2 amide bonds. The molecule has 4 nitrogen and oxygen atoms in total. The van der Waals surface area contributed by atoms with Crippen LogP contribution in [0.2, 0.25) is 0 Å². The van der Waals surface area contributed by atoms with Gasteiger partial charge in [-0.1, -0.05) is 25.3 Å². The van der Waals surface area contributed by atoms with E-state index in [1.807, 2.05) is 6.08 Å². The standard InChI is InChI=1S/C15H24N2O2S/c1-2-9-20-10-8-17-11-13(18)16-14(15(17)19)12-6-4-3-5-7-12/h2,12,14H,1,3-11H2,(H,16,18). The Kier molecular flexibility index (Phi) is 5.95. The van der Waals surface area contributed by atoms with Crippen molar-refractivity contribution >= 4 is 23.6 Å². The summed E-state index contributed by atoms with van der Waals surface area (Å²) in [4.78, 5) is 26.1. The van der Waals surface area contributed by atoms with Gasteiger partial charge in [0.05, 0.1) is 6.54 Å². The molecule has 112 valence electrons. The summed E-state index contributed by atoms with van der Waals surface area (Å²) in [6.07, 6.45) is 7.61. The first-order valence-corrected chi connectivity index (χ1v) is 8.64. The Morgan fingerprint density at radius 1 is 1.30 bits per heavy atom. The first kappa shape index (κ1) is 15.4. The molecular formula is C15H24N2O2S. The van der Waals surface area contributed by atoms with Crippen LogP contribution in [0.1, 0.15) is 32.1 Å². The van der Waals surface area contributed by atoms with E-state index in [-0.39, 0.29) is 24.4 Å². The Bertz CT molecular complexity index is 367. The number of nitrogens with zero attached hydrogens (tertiary/aromatic N) is 1. The third kappa shape index (κ3) is 4.01. The number of carbonyl (C=O) groups is 2. The molecule has 1 aliphatic carbocycles. The fraction of sp³-hybridized carbons (Fsp3) is 0.733. The van der Waals surface area contributed by atoms with E-state index in [0.717, 1.165) is 24.3 Å². The Balaban J connectivity index is 1.90. The van der Waals surface area contributed by atoms with Gasteiger partial charge in [-0.2, -0.15) is 11.8 Å². The van der Waals surface area contributed by atoms with Crippen LogP contribution in [0.15, 0.2) is 12.7 Å². The number of piperazine rings is 1. The van der Waals surface area contributed by atoms with E-state index in [2.05, 4.69) is 11.9 Å². The van der Waals surface area contributed by atoms with Crippen molar-refractivity contribution in [2.24, 2.45) is 5.92 Å². The van der Waals surface area contributed by atoms with Gasteiger partial charge in [-0.15, -0.1) is 6.58 Å². The summed E-state index contributed by atoms with van der Waals surface area (Å²) in [7, 11) is 0. The van der Waals surface area contributed by atoms with E-state index in [9.17, 15) is 9.59 Å². The van der Waals surface area contributed by atoms with Crippen LogP contribution < -0.4 is 5.32 Å². The molecule has 1 N–H and O–H groups in total. The second kappa shape index (κ2) is 7.72. The van der Waals surface area contributed by atoms with Crippen LogP contribution in [0.5, 0.6) is 0 Å². The Morgan fingerprint density at radius 3 is 2.75 bits per heavy atom. The van der Waals surface area contributed by atoms with E-state index in [0.29, 0.717) is 12.5 Å². The summed E-state index contributed by atoms with van der Waals surface area (Å²) in [5.41, 5.74) is 0. The highest BCUT2D eigenvalue weighted by molar-refractivity contribution is 7.99. The molecule has 1 heterocycles. The van der Waals surface area contributed by atoms with Gasteiger partial charge in [0.25, 0.3) is 0 Å². The molecule has 0 aromatic heterocycles. The summed E-state index contributed by atoms with van der Waals surface area (Å²) < 4.78 is 0. The lowest BCUT2D eigenvalue weighted by Gasteiger charge is -2.37. The zero-order valence-electron chi connectivity index (χ0n) is 12.0. The smallest absolute Gasteiger partial charge is 0.245 e. The van der Waals surface area contributed by atoms with Crippen LogP contribution in [0.4, 0.5) is 0 Å². The van der Waals surface area contributed by atoms with Gasteiger partial charge in [0, 0.05) is 18.1 Å². The number of thioether (sulfide) groups is 1. The normalized spacial score (nSPS) is 24.6. The number of amides is 2. The third-order valence-electron chi connectivity index (χ3n) is 4.09. The minimum Gasteiger partial charge on any atom is -0.342 e. The molecule has 1 aliphatic heterocycles. The van der Waals surface area contributed by atoms with Crippen LogP contribution in [-0.2, 0) is 9.59 Å². The SMILES string of the molecule is C=CCSCCN1CC(=O)NC(C2CCCCC2)C1=O. The van der Waals surface area contributed by atoms with Gasteiger partial charge in [0.2, 0.25) is 11.8 Å². The van der Waals surface area contributed by atoms with Crippen LogP contribution in [-0.4, -0.2) is 47.4 Å². The van der Waals surface area contributed by atoms with Crippen molar-refractivity contribution in [3.63, 3.8) is 0 Å². The number of nitrogens with one attached hydrogen (secondary N) is 1. The largest absolute Gasteiger partial charge is 0.342 e. The molecule has 0 spiro atoms. The molecule has 2 fully saturated rings. The minimum absolute atomic E-state index is 0.00565. The Labute approximate surface area is 125 Å². The first-order valence-electron chi connectivity index (χ1n) is 7.49. The molecule has 0 aromatic rings. The molecule has 5 heteroatoms. The van der Waals surface area contributed by atoms with Crippen molar-refractivity contribution in [3.8, 4) is 0 Å². The van der Waals surface area contributed by atoms with Crippen molar-refractivity contribution in [2.45, 2.75) is 38.1 Å². The fourth-order valence-electron chi connectivity index (χ4n) is 3.05. The second-order valence-corrected chi connectivity index (χ2v) is 6.72. The maximum atomic E-state index is 12.5. The van der Waals surface area contributed by atoms with Gasteiger partial charge < -0.3 is 10.2 Å². The van der Waals surface area contributed by atoms with Crippen LogP contribution >= 0.6 is 11.8 Å². The molecule has 0 aromatic carbocycles. The average Bonchev–Trinajstić information content (AvgIpc) is 2.47. The van der Waals surface area contributed by atoms with Crippen LogP contribution in [0, 0.1) is 5.92 Å². The zero-order chi connectivity index (χ0) is 14.4. The van der Waals surface area contributed by atoms with E-state index < -0.39 is 0 Å². The number of hydrogen-bond acceptors (Lipinski definition) is 3. The number of carbonyl (C=O) groups excluding carboxylic acids is 2. The molecule has 1 saturated heterocycles. The molecule has 1 saturated carbocycles. The molecule has 2 rings (SSSR count). The monoisotopic (exact) mass is 296 g/mol. The average molecular weight is 296 g/mol. The maximum Gasteiger partial charge on any atom is 0.245 e. The van der Waals surface area contributed by atoms with Gasteiger partial charge in [-0.3, -0.25) is 9.59 Å². The van der Waals surface area contributed by atoms with Crippen LogP contribution in [0.25, 0.3) is 0 Å². The zero-order valence-corrected chi connectivity index (χ0v) is 12.8. The summed E-state index contributed by atoms with van der Waals surface area (Å²) in [6, 6.07) is -0.277. The van der Waals surface area contributed by atoms with E-state index in [1.165, 1.54) is 19.3 Å². The van der Waals surface area contributed by atoms with Gasteiger partial charge in [-0.25, -0.2) is 0 Å². The highest BCUT2D eigenvalue weighted by atomic mass is 32.2. The van der Waals surface area contributed by atoms with Crippen molar-refractivity contribution in [3.05, 3.63) is 12.7 Å². The summed E-state index contributed by atoms with van der Waals surface area (Å²) in [6.45, 7) is 4.56. The van der Waals surface area contributed by atoms with Gasteiger partial charge >= 0.3 is 0 Å². The van der Waals surface area contributed by atoms with Crippen molar-refractivity contribution < 1.29 is 9.59 Å².